The highest BCUT2D eigenvalue weighted by atomic mass is 31.2. The van der Waals surface area contributed by atoms with Crippen LogP contribution in [0.5, 0.6) is 17.2 Å². The van der Waals surface area contributed by atoms with Crippen LogP contribution >= 0.6 is 7.82 Å². The first-order valence-corrected chi connectivity index (χ1v) is 11.4. The van der Waals surface area contributed by atoms with Crippen molar-refractivity contribution in [2.24, 2.45) is 0 Å². The van der Waals surface area contributed by atoms with Gasteiger partial charge in [0.25, 0.3) is 0 Å². The molecule has 29 heavy (non-hydrogen) atoms. The summed E-state index contributed by atoms with van der Waals surface area (Å²) in [6.45, 7) is 0.853. The molecule has 1 aromatic carbocycles. The summed E-state index contributed by atoms with van der Waals surface area (Å²) in [5, 5.41) is 10.2. The molecule has 1 aliphatic heterocycles. The maximum Gasteiger partial charge on any atom is 0.474 e. The van der Waals surface area contributed by atoms with E-state index in [2.05, 4.69) is 0 Å². The maximum atomic E-state index is 11.3. The van der Waals surface area contributed by atoms with Crippen molar-refractivity contribution in [3.63, 3.8) is 0 Å². The van der Waals surface area contributed by atoms with Crippen molar-refractivity contribution < 1.29 is 42.7 Å². The molecule has 2 fully saturated rings. The van der Waals surface area contributed by atoms with Gasteiger partial charge in [-0.1, -0.05) is 0 Å². The second-order valence-corrected chi connectivity index (χ2v) is 9.08. The van der Waals surface area contributed by atoms with E-state index in [0.717, 1.165) is 25.7 Å². The Morgan fingerprint density at radius 3 is 2.45 bits per heavy atom. The van der Waals surface area contributed by atoms with Crippen LogP contribution in [0.4, 0.5) is 0 Å². The number of rotatable bonds is 8. The second kappa shape index (κ2) is 9.20. The number of benzene rings is 1. The zero-order valence-electron chi connectivity index (χ0n) is 16.9. The summed E-state index contributed by atoms with van der Waals surface area (Å²) < 4.78 is 33.5. The average molecular weight is 432 g/mol. The van der Waals surface area contributed by atoms with Gasteiger partial charge in [0, 0.05) is 18.9 Å². The number of aliphatic hydroxyl groups is 1. The molecule has 3 rings (SSSR count). The molecule has 0 spiro atoms. The van der Waals surface area contributed by atoms with Gasteiger partial charge in [-0.05, 0) is 31.4 Å². The molecule has 1 saturated carbocycles. The SMILES string of the molecule is COc1ccc(O[C@@H]2CCCC[C@@H]2[N@@+]2(COP(=O)(O)O)CC[C@H](O)C2)cc1OC. The molecule has 4 atom stereocenters. The number of ether oxygens (including phenoxy) is 3. The van der Waals surface area contributed by atoms with E-state index in [4.69, 9.17) is 18.7 Å². The molecule has 9 nitrogen and oxygen atoms in total. The van der Waals surface area contributed by atoms with E-state index in [1.165, 1.54) is 0 Å². The van der Waals surface area contributed by atoms with Crippen molar-refractivity contribution in [2.45, 2.75) is 50.4 Å². The van der Waals surface area contributed by atoms with E-state index in [1.54, 1.807) is 26.4 Å². The molecule has 2 aliphatic rings. The van der Waals surface area contributed by atoms with Gasteiger partial charge in [0.2, 0.25) is 0 Å². The first-order chi connectivity index (χ1) is 13.8. The zero-order valence-corrected chi connectivity index (χ0v) is 17.8. The normalized spacial score (nSPS) is 30.2. The first-order valence-electron chi connectivity index (χ1n) is 9.89. The topological polar surface area (TPSA) is 115 Å². The number of likely N-dealkylation sites (tertiary alicyclic amines) is 1. The first kappa shape index (κ1) is 22.3. The molecule has 1 aromatic rings. The van der Waals surface area contributed by atoms with Crippen LogP contribution in [0.3, 0.4) is 0 Å². The van der Waals surface area contributed by atoms with Crippen LogP contribution in [0.2, 0.25) is 0 Å². The highest BCUT2D eigenvalue weighted by Crippen LogP contribution is 2.41. The number of phosphoric ester groups is 1. The number of nitrogens with zero attached hydrogens (tertiary/aromatic N) is 1. The summed E-state index contributed by atoms with van der Waals surface area (Å²) in [7, 11) is -1.47. The molecule has 0 amide bonds. The smallest absolute Gasteiger partial charge is 0.474 e. The number of hydrogen-bond donors (Lipinski definition) is 3. The molecule has 3 N–H and O–H groups in total. The molecule has 1 aliphatic carbocycles. The minimum Gasteiger partial charge on any atom is -0.493 e. The Bertz CT molecular complexity index is 741. The van der Waals surface area contributed by atoms with Gasteiger partial charge in [-0.25, -0.2) is 9.09 Å². The highest BCUT2D eigenvalue weighted by molar-refractivity contribution is 7.46. The van der Waals surface area contributed by atoms with Gasteiger partial charge in [0.1, 0.15) is 24.4 Å². The van der Waals surface area contributed by atoms with Crippen LogP contribution in [-0.4, -0.2) is 71.7 Å². The van der Waals surface area contributed by atoms with Crippen LogP contribution < -0.4 is 14.2 Å². The van der Waals surface area contributed by atoms with Crippen molar-refractivity contribution in [2.75, 3.05) is 34.0 Å². The van der Waals surface area contributed by atoms with Crippen LogP contribution in [0.25, 0.3) is 0 Å². The fourth-order valence-electron chi connectivity index (χ4n) is 4.62. The van der Waals surface area contributed by atoms with Crippen molar-refractivity contribution in [1.29, 1.82) is 0 Å². The summed E-state index contributed by atoms with van der Waals surface area (Å²) in [4.78, 5) is 18.4. The van der Waals surface area contributed by atoms with Gasteiger partial charge in [-0.2, -0.15) is 0 Å². The van der Waals surface area contributed by atoms with E-state index >= 15 is 0 Å². The van der Waals surface area contributed by atoms with E-state index < -0.39 is 13.9 Å². The zero-order chi connectivity index (χ0) is 21.1. The summed E-state index contributed by atoms with van der Waals surface area (Å²) in [5.74, 6) is 1.83. The monoisotopic (exact) mass is 432 g/mol. The van der Waals surface area contributed by atoms with Crippen molar-refractivity contribution in [1.82, 2.24) is 0 Å². The van der Waals surface area contributed by atoms with Crippen LogP contribution in [0, 0.1) is 0 Å². The molecule has 10 heteroatoms. The van der Waals surface area contributed by atoms with Gasteiger partial charge in [-0.15, -0.1) is 0 Å². The molecule has 0 unspecified atom stereocenters. The molecular formula is C19H31NO8P+. The van der Waals surface area contributed by atoms with Gasteiger partial charge in [-0.3, -0.25) is 4.48 Å². The number of aliphatic hydroxyl groups excluding tert-OH is 1. The van der Waals surface area contributed by atoms with E-state index in [1.807, 2.05) is 6.07 Å². The lowest BCUT2D eigenvalue weighted by molar-refractivity contribution is -0.959. The van der Waals surface area contributed by atoms with Crippen molar-refractivity contribution >= 4 is 7.82 Å². The predicted octanol–water partition coefficient (Wildman–Crippen LogP) is 2.04. The summed E-state index contributed by atoms with van der Waals surface area (Å²) in [5.41, 5.74) is 0. The number of methoxy groups -OCH3 is 2. The molecule has 0 bridgehead atoms. The van der Waals surface area contributed by atoms with Gasteiger partial charge in [0.05, 0.1) is 20.8 Å². The van der Waals surface area contributed by atoms with E-state index in [9.17, 15) is 19.5 Å². The molecule has 1 saturated heterocycles. The Labute approximate surface area is 171 Å². The number of phosphoric acid groups is 1. The summed E-state index contributed by atoms with van der Waals surface area (Å²) in [6.07, 6.45) is 3.58. The Kier molecular flexibility index (Phi) is 7.09. The minimum atomic E-state index is -4.61. The Balaban J connectivity index is 1.82. The average Bonchev–Trinajstić information content (AvgIpc) is 3.08. The Morgan fingerprint density at radius 2 is 1.83 bits per heavy atom. The molecular weight excluding hydrogens is 401 g/mol. The lowest BCUT2D eigenvalue weighted by Gasteiger charge is -2.46. The van der Waals surface area contributed by atoms with Crippen molar-refractivity contribution in [3.8, 4) is 17.2 Å². The summed E-state index contributed by atoms with van der Waals surface area (Å²) in [6, 6.07) is 5.36. The largest absolute Gasteiger partial charge is 0.493 e. The number of quaternary nitrogens is 1. The third-order valence-electron chi connectivity index (χ3n) is 5.98. The van der Waals surface area contributed by atoms with E-state index in [0.29, 0.717) is 41.2 Å². The molecule has 0 aromatic heterocycles. The van der Waals surface area contributed by atoms with E-state index in [-0.39, 0.29) is 18.9 Å². The molecule has 0 radical (unpaired) electrons. The van der Waals surface area contributed by atoms with Gasteiger partial charge >= 0.3 is 7.82 Å². The fraction of sp³-hybridized carbons (Fsp3) is 0.684. The lowest BCUT2D eigenvalue weighted by atomic mass is 9.89. The van der Waals surface area contributed by atoms with Crippen LogP contribution in [0.1, 0.15) is 32.1 Å². The van der Waals surface area contributed by atoms with Gasteiger partial charge < -0.3 is 29.1 Å². The lowest BCUT2D eigenvalue weighted by Crippen LogP contribution is -2.61. The van der Waals surface area contributed by atoms with Crippen molar-refractivity contribution in [3.05, 3.63) is 18.2 Å². The highest BCUT2D eigenvalue weighted by Gasteiger charge is 2.50. The third kappa shape index (κ3) is 5.42. The Morgan fingerprint density at radius 1 is 1.10 bits per heavy atom. The third-order valence-corrected chi connectivity index (χ3v) is 6.43. The molecule has 164 valence electrons. The predicted molar refractivity (Wildman–Crippen MR) is 105 cm³/mol. The fourth-order valence-corrected chi connectivity index (χ4v) is 5.00. The van der Waals surface area contributed by atoms with Gasteiger partial charge in [0.15, 0.2) is 24.3 Å². The minimum absolute atomic E-state index is 0.0273. The standard InChI is InChI=1S/C19H30NO8P/c1-25-18-8-7-15(11-19(18)26-2)28-17-6-4-3-5-16(17)20(10-9-14(21)12-20)13-27-29(22,23)24/h7-8,11,14,16-17,21H,3-6,9-10,12-13H2,1-2H3,(H-,22,23,24)/p+1/t14-,16-,17+,20-/m0/s1. The summed E-state index contributed by atoms with van der Waals surface area (Å²) >= 11 is 0. The number of hydrogen-bond acceptors (Lipinski definition) is 6. The second-order valence-electron chi connectivity index (χ2n) is 7.84. The molecule has 1 heterocycles. The maximum absolute atomic E-state index is 11.3. The van der Waals surface area contributed by atoms with Crippen LogP contribution in [0.15, 0.2) is 18.2 Å². The Hall–Kier alpha value is -1.35. The van der Waals surface area contributed by atoms with Crippen LogP contribution in [-0.2, 0) is 9.09 Å². The quantitative estimate of drug-likeness (QED) is 0.422.